The lowest BCUT2D eigenvalue weighted by molar-refractivity contribution is -0.137. The van der Waals surface area contributed by atoms with Crippen LogP contribution in [-0.4, -0.2) is 42.0 Å². The van der Waals surface area contributed by atoms with Crippen LogP contribution in [0.5, 0.6) is 0 Å². The number of allylic oxidation sites excluding steroid dienone is 2. The molecule has 6 heteroatoms. The standard InChI is InChI=1S/C17H27N4O2/c1-12(2)6-7-16(22)21(13-8-10-19-11-9-13)15-5-3-4-14(20-15)17(18)23/h3,5,12-13,15,19-20H,6-11H2,1-2H3,(H2,18,23). The predicted octanol–water partition coefficient (Wildman–Crippen LogP) is 0.661. The van der Waals surface area contributed by atoms with Gasteiger partial charge >= 0.3 is 0 Å². The molecule has 23 heavy (non-hydrogen) atoms. The first-order valence-corrected chi connectivity index (χ1v) is 8.37. The number of nitrogens with two attached hydrogens (primary N) is 1. The molecule has 1 fully saturated rings. The summed E-state index contributed by atoms with van der Waals surface area (Å²) >= 11 is 0. The van der Waals surface area contributed by atoms with E-state index in [0.29, 0.717) is 12.3 Å². The van der Waals surface area contributed by atoms with Crippen molar-refractivity contribution in [2.75, 3.05) is 13.1 Å². The molecule has 2 heterocycles. The fourth-order valence-corrected chi connectivity index (χ4v) is 2.98. The van der Waals surface area contributed by atoms with Crippen LogP contribution in [0.4, 0.5) is 0 Å². The Morgan fingerprint density at radius 2 is 2.09 bits per heavy atom. The number of piperidine rings is 1. The number of nitrogens with zero attached hydrogens (tertiary/aromatic N) is 1. The number of amides is 2. The maximum absolute atomic E-state index is 12.8. The van der Waals surface area contributed by atoms with E-state index < -0.39 is 5.91 Å². The first-order chi connectivity index (χ1) is 11.0. The first-order valence-electron chi connectivity index (χ1n) is 8.37. The van der Waals surface area contributed by atoms with E-state index in [1.54, 1.807) is 6.08 Å². The van der Waals surface area contributed by atoms with Crippen LogP contribution in [0.2, 0.25) is 0 Å². The molecule has 1 radical (unpaired) electrons. The summed E-state index contributed by atoms with van der Waals surface area (Å²) in [6.07, 6.45) is 9.21. The Bertz CT molecular complexity index is 493. The SMILES string of the molecule is CC(C)CCC(=O)N(C1CCNCC1)C1C=C[C]=C(C(N)=O)N1. The molecule has 0 aromatic rings. The lowest BCUT2D eigenvalue weighted by atomic mass is 10.0. The smallest absolute Gasteiger partial charge is 0.265 e. The number of primary amides is 1. The zero-order valence-electron chi connectivity index (χ0n) is 14.0. The van der Waals surface area contributed by atoms with Gasteiger partial charge in [0.2, 0.25) is 5.91 Å². The molecule has 1 saturated heterocycles. The second kappa shape index (κ2) is 8.15. The van der Waals surface area contributed by atoms with E-state index in [2.05, 4.69) is 30.6 Å². The quantitative estimate of drug-likeness (QED) is 0.671. The minimum atomic E-state index is -0.556. The van der Waals surface area contributed by atoms with Crippen molar-refractivity contribution in [3.63, 3.8) is 0 Å². The molecule has 2 aliphatic heterocycles. The molecule has 2 aliphatic rings. The number of hydrogen-bond acceptors (Lipinski definition) is 4. The molecule has 2 rings (SSSR count). The van der Waals surface area contributed by atoms with E-state index in [-0.39, 0.29) is 23.8 Å². The highest BCUT2D eigenvalue weighted by Gasteiger charge is 2.31. The minimum absolute atomic E-state index is 0.124. The van der Waals surface area contributed by atoms with Gasteiger partial charge in [0.25, 0.3) is 5.91 Å². The predicted molar refractivity (Wildman–Crippen MR) is 88.8 cm³/mol. The maximum Gasteiger partial charge on any atom is 0.265 e. The summed E-state index contributed by atoms with van der Waals surface area (Å²) in [6.45, 7) is 6.03. The van der Waals surface area contributed by atoms with E-state index >= 15 is 0 Å². The zero-order chi connectivity index (χ0) is 16.8. The van der Waals surface area contributed by atoms with Crippen molar-refractivity contribution in [2.45, 2.75) is 51.7 Å². The molecule has 4 N–H and O–H groups in total. The highest BCUT2D eigenvalue weighted by molar-refractivity contribution is 5.91. The summed E-state index contributed by atoms with van der Waals surface area (Å²) in [4.78, 5) is 26.1. The Kier molecular flexibility index (Phi) is 6.21. The fourth-order valence-electron chi connectivity index (χ4n) is 2.98. The van der Waals surface area contributed by atoms with Gasteiger partial charge in [0.05, 0.1) is 0 Å². The Morgan fingerprint density at radius 1 is 1.39 bits per heavy atom. The van der Waals surface area contributed by atoms with Crippen molar-refractivity contribution >= 4 is 11.8 Å². The van der Waals surface area contributed by atoms with Crippen molar-refractivity contribution in [3.05, 3.63) is 23.9 Å². The topological polar surface area (TPSA) is 87.5 Å². The largest absolute Gasteiger partial charge is 0.364 e. The fraction of sp³-hybridized carbons (Fsp3) is 0.647. The first kappa shape index (κ1) is 17.5. The maximum atomic E-state index is 12.8. The van der Waals surface area contributed by atoms with Gasteiger partial charge in [-0.2, -0.15) is 0 Å². The molecule has 1 atom stereocenters. The average molecular weight is 319 g/mol. The van der Waals surface area contributed by atoms with E-state index in [0.717, 1.165) is 32.4 Å². The van der Waals surface area contributed by atoms with Crippen LogP contribution < -0.4 is 16.4 Å². The third-order valence-electron chi connectivity index (χ3n) is 4.27. The molecule has 1 unspecified atom stereocenters. The summed E-state index contributed by atoms with van der Waals surface area (Å²) in [6, 6.07) is 0.172. The van der Waals surface area contributed by atoms with Crippen LogP contribution in [0.15, 0.2) is 17.8 Å². The molecule has 0 aromatic carbocycles. The van der Waals surface area contributed by atoms with E-state index in [4.69, 9.17) is 5.73 Å². The summed E-state index contributed by atoms with van der Waals surface area (Å²) in [5, 5.41) is 6.37. The van der Waals surface area contributed by atoms with Crippen LogP contribution in [0, 0.1) is 12.0 Å². The van der Waals surface area contributed by atoms with Gasteiger partial charge in [-0.05, 0) is 44.3 Å². The molecule has 127 valence electrons. The van der Waals surface area contributed by atoms with Gasteiger partial charge in [0.1, 0.15) is 11.9 Å². The molecule has 0 bridgehead atoms. The van der Waals surface area contributed by atoms with Gasteiger partial charge in [-0.25, -0.2) is 0 Å². The molecular weight excluding hydrogens is 292 g/mol. The monoisotopic (exact) mass is 319 g/mol. The number of carbonyl (C=O) groups excluding carboxylic acids is 2. The molecule has 0 spiro atoms. The molecular formula is C17H27N4O2. The third-order valence-corrected chi connectivity index (χ3v) is 4.27. The molecule has 0 aromatic heterocycles. The molecule has 6 nitrogen and oxygen atoms in total. The molecule has 0 aliphatic carbocycles. The van der Waals surface area contributed by atoms with Crippen LogP contribution in [0.3, 0.4) is 0 Å². The number of nitrogens with one attached hydrogen (secondary N) is 2. The lowest BCUT2D eigenvalue weighted by Gasteiger charge is -2.40. The highest BCUT2D eigenvalue weighted by Crippen LogP contribution is 2.20. The van der Waals surface area contributed by atoms with Crippen molar-refractivity contribution in [2.24, 2.45) is 11.7 Å². The van der Waals surface area contributed by atoms with E-state index in [1.807, 2.05) is 11.0 Å². The van der Waals surface area contributed by atoms with Gasteiger partial charge in [-0.1, -0.05) is 19.9 Å². The second-order valence-electron chi connectivity index (χ2n) is 6.55. The summed E-state index contributed by atoms with van der Waals surface area (Å²) in [7, 11) is 0. The van der Waals surface area contributed by atoms with Gasteiger partial charge in [-0.15, -0.1) is 0 Å². The van der Waals surface area contributed by atoms with Crippen molar-refractivity contribution < 1.29 is 9.59 Å². The van der Waals surface area contributed by atoms with Crippen LogP contribution in [-0.2, 0) is 9.59 Å². The Morgan fingerprint density at radius 3 is 2.70 bits per heavy atom. The van der Waals surface area contributed by atoms with E-state index in [9.17, 15) is 9.59 Å². The Labute approximate surface area is 138 Å². The second-order valence-corrected chi connectivity index (χ2v) is 6.55. The number of dihydropyridines is 1. The van der Waals surface area contributed by atoms with Crippen LogP contribution in [0.1, 0.15) is 39.5 Å². The highest BCUT2D eigenvalue weighted by atomic mass is 16.2. The summed E-state index contributed by atoms with van der Waals surface area (Å²) < 4.78 is 0. The van der Waals surface area contributed by atoms with Crippen molar-refractivity contribution in [1.29, 1.82) is 0 Å². The Balaban J connectivity index is 2.12. The van der Waals surface area contributed by atoms with Gasteiger partial charge in [0.15, 0.2) is 0 Å². The van der Waals surface area contributed by atoms with E-state index in [1.165, 1.54) is 0 Å². The zero-order valence-corrected chi connectivity index (χ0v) is 14.0. The number of hydrogen-bond donors (Lipinski definition) is 3. The third kappa shape index (κ3) is 4.82. The summed E-state index contributed by atoms with van der Waals surface area (Å²) in [5.41, 5.74) is 5.56. The van der Waals surface area contributed by atoms with Crippen LogP contribution >= 0.6 is 0 Å². The molecule has 0 saturated carbocycles. The lowest BCUT2D eigenvalue weighted by Crippen LogP contribution is -2.56. The van der Waals surface area contributed by atoms with Gasteiger partial charge in [-0.3, -0.25) is 9.59 Å². The minimum Gasteiger partial charge on any atom is -0.364 e. The number of rotatable bonds is 6. The average Bonchev–Trinajstić information content (AvgIpc) is 2.54. The van der Waals surface area contributed by atoms with Gasteiger partial charge in [0, 0.05) is 18.5 Å². The van der Waals surface area contributed by atoms with Crippen molar-refractivity contribution in [3.8, 4) is 0 Å². The summed E-state index contributed by atoms with van der Waals surface area (Å²) in [5.74, 6) is 0.0517. The normalized spacial score (nSPS) is 21.7. The van der Waals surface area contributed by atoms with Gasteiger partial charge < -0.3 is 21.3 Å². The molecule has 2 amide bonds. The number of carbonyl (C=O) groups is 2. The Hall–Kier alpha value is -1.82. The van der Waals surface area contributed by atoms with Crippen molar-refractivity contribution in [1.82, 2.24) is 15.5 Å². The van der Waals surface area contributed by atoms with Crippen LogP contribution in [0.25, 0.3) is 0 Å².